The van der Waals surface area contributed by atoms with Crippen LogP contribution in [0.25, 0.3) is 0 Å². The van der Waals surface area contributed by atoms with Gasteiger partial charge in [-0.25, -0.2) is 0 Å². The molecule has 0 aromatic heterocycles. The molecule has 0 aliphatic heterocycles. The molecule has 1 N–H and O–H groups in total. The minimum Gasteiger partial charge on any atom is -0.507 e. The maximum atomic E-state index is 11.3. The second kappa shape index (κ2) is 6.10. The topological polar surface area (TPSA) is 37.3 Å². The van der Waals surface area contributed by atoms with E-state index >= 15 is 0 Å². The highest BCUT2D eigenvalue weighted by atomic mass is 127. The van der Waals surface area contributed by atoms with E-state index in [1.807, 2.05) is 19.1 Å². The summed E-state index contributed by atoms with van der Waals surface area (Å²) in [6.45, 7) is 2.02. The van der Waals surface area contributed by atoms with Gasteiger partial charge in [0.05, 0.1) is 3.57 Å². The van der Waals surface area contributed by atoms with Gasteiger partial charge in [-0.1, -0.05) is 13.0 Å². The van der Waals surface area contributed by atoms with Crippen molar-refractivity contribution in [2.24, 2.45) is 0 Å². The van der Waals surface area contributed by atoms with Crippen molar-refractivity contribution in [1.82, 2.24) is 0 Å². The normalized spacial score (nSPS) is 10.3. The Kier molecular flexibility index (Phi) is 5.08. The van der Waals surface area contributed by atoms with E-state index in [1.54, 1.807) is 6.07 Å². The Morgan fingerprint density at radius 3 is 2.73 bits per heavy atom. The van der Waals surface area contributed by atoms with Gasteiger partial charge < -0.3 is 5.11 Å². The average Bonchev–Trinajstić information content (AvgIpc) is 2.20. The van der Waals surface area contributed by atoms with Crippen molar-refractivity contribution < 1.29 is 9.90 Å². The highest BCUT2D eigenvalue weighted by Crippen LogP contribution is 2.21. The minimum absolute atomic E-state index is 0.305. The minimum atomic E-state index is 0.305. The monoisotopic (exact) mass is 318 g/mol. The summed E-state index contributed by atoms with van der Waals surface area (Å²) >= 11 is 2.09. The molecule has 3 heteroatoms. The summed E-state index contributed by atoms with van der Waals surface area (Å²) in [7, 11) is 0. The number of carbonyl (C=O) groups excluding carboxylic acids is 1. The Morgan fingerprint density at radius 1 is 1.40 bits per heavy atom. The van der Waals surface area contributed by atoms with Crippen LogP contribution in [0.2, 0.25) is 0 Å². The van der Waals surface area contributed by atoms with Crippen molar-refractivity contribution in [2.75, 3.05) is 0 Å². The summed E-state index contributed by atoms with van der Waals surface area (Å²) in [4.78, 5) is 11.3. The lowest BCUT2D eigenvalue weighted by Crippen LogP contribution is -1.99. The van der Waals surface area contributed by atoms with Crippen molar-refractivity contribution in [3.63, 3.8) is 0 Å². The Morgan fingerprint density at radius 2 is 2.13 bits per heavy atom. The molecule has 1 aromatic carbocycles. The van der Waals surface area contributed by atoms with E-state index in [4.69, 9.17) is 0 Å². The predicted molar refractivity (Wildman–Crippen MR) is 69.1 cm³/mol. The van der Waals surface area contributed by atoms with Crippen LogP contribution >= 0.6 is 22.6 Å². The van der Waals surface area contributed by atoms with Crippen LogP contribution in [-0.4, -0.2) is 10.9 Å². The smallest absolute Gasteiger partial charge is 0.133 e. The molecular formula is C12H15IO2. The summed E-state index contributed by atoms with van der Waals surface area (Å²) in [5.41, 5.74) is 1.11. The number of carbonyl (C=O) groups is 1. The zero-order valence-electron chi connectivity index (χ0n) is 8.79. The number of ketones is 1. The molecule has 0 fully saturated rings. The molecule has 0 aliphatic rings. The van der Waals surface area contributed by atoms with Gasteiger partial charge in [-0.15, -0.1) is 0 Å². The van der Waals surface area contributed by atoms with E-state index in [9.17, 15) is 9.90 Å². The molecule has 0 radical (unpaired) electrons. The molecule has 0 atom stereocenters. The Hall–Kier alpha value is -0.580. The number of Topliss-reactive ketones (excluding diaryl/α,β-unsaturated/α-hetero) is 1. The number of hydrogen-bond donors (Lipinski definition) is 1. The molecule has 1 rings (SSSR count). The van der Waals surface area contributed by atoms with Gasteiger partial charge in [-0.2, -0.15) is 0 Å². The van der Waals surface area contributed by atoms with E-state index in [2.05, 4.69) is 22.6 Å². The molecule has 0 aliphatic carbocycles. The maximum Gasteiger partial charge on any atom is 0.133 e. The first-order valence-corrected chi connectivity index (χ1v) is 6.20. The van der Waals surface area contributed by atoms with Crippen LogP contribution < -0.4 is 0 Å². The fourth-order valence-corrected chi connectivity index (χ4v) is 1.97. The SMILES string of the molecule is CCCC(=O)CCc1ccc(O)c(I)c1. The zero-order valence-corrected chi connectivity index (χ0v) is 11.0. The van der Waals surface area contributed by atoms with Gasteiger partial charge in [-0.3, -0.25) is 4.79 Å². The molecule has 1 aromatic rings. The molecule has 0 bridgehead atoms. The highest BCUT2D eigenvalue weighted by Gasteiger charge is 2.03. The van der Waals surface area contributed by atoms with E-state index in [1.165, 1.54) is 0 Å². The number of halogens is 1. The van der Waals surface area contributed by atoms with Crippen LogP contribution in [0.4, 0.5) is 0 Å². The van der Waals surface area contributed by atoms with Gasteiger partial charge in [0.2, 0.25) is 0 Å². The Bertz CT molecular complexity index is 347. The summed E-state index contributed by atoms with van der Waals surface area (Å²) in [6, 6.07) is 5.48. The fourth-order valence-electron chi connectivity index (χ4n) is 1.39. The molecule has 82 valence electrons. The van der Waals surface area contributed by atoms with Gasteiger partial charge in [-0.05, 0) is 53.1 Å². The summed E-state index contributed by atoms with van der Waals surface area (Å²) in [5, 5.41) is 9.33. The summed E-state index contributed by atoms with van der Waals surface area (Å²) < 4.78 is 0.841. The maximum absolute atomic E-state index is 11.3. The molecule has 0 saturated heterocycles. The molecule has 2 nitrogen and oxygen atoms in total. The first-order chi connectivity index (χ1) is 7.13. The fraction of sp³-hybridized carbons (Fsp3) is 0.417. The summed E-state index contributed by atoms with van der Waals surface area (Å²) in [5.74, 6) is 0.625. The lowest BCUT2D eigenvalue weighted by atomic mass is 10.1. The van der Waals surface area contributed by atoms with Crippen molar-refractivity contribution in [3.8, 4) is 5.75 Å². The number of rotatable bonds is 5. The third kappa shape index (κ3) is 4.20. The van der Waals surface area contributed by atoms with Gasteiger partial charge in [0, 0.05) is 12.8 Å². The molecule has 0 heterocycles. The lowest BCUT2D eigenvalue weighted by molar-refractivity contribution is -0.119. The average molecular weight is 318 g/mol. The Labute approximate surface area is 104 Å². The van der Waals surface area contributed by atoms with Gasteiger partial charge >= 0.3 is 0 Å². The van der Waals surface area contributed by atoms with Crippen molar-refractivity contribution in [2.45, 2.75) is 32.6 Å². The van der Waals surface area contributed by atoms with Crippen LogP contribution in [0.5, 0.6) is 5.75 Å². The van der Waals surface area contributed by atoms with E-state index in [0.29, 0.717) is 24.4 Å². The van der Waals surface area contributed by atoms with E-state index in [0.717, 1.165) is 22.0 Å². The Balaban J connectivity index is 2.51. The van der Waals surface area contributed by atoms with Crippen LogP contribution in [0.1, 0.15) is 31.7 Å². The third-order valence-electron chi connectivity index (χ3n) is 2.23. The lowest BCUT2D eigenvalue weighted by Gasteiger charge is -2.03. The van der Waals surface area contributed by atoms with Gasteiger partial charge in [0.15, 0.2) is 0 Å². The van der Waals surface area contributed by atoms with Crippen LogP contribution in [0.15, 0.2) is 18.2 Å². The summed E-state index contributed by atoms with van der Waals surface area (Å²) in [6.07, 6.45) is 2.98. The number of phenolic OH excluding ortho intramolecular Hbond substituents is 1. The molecule has 0 saturated carbocycles. The first kappa shape index (κ1) is 12.5. The van der Waals surface area contributed by atoms with E-state index in [-0.39, 0.29) is 0 Å². The predicted octanol–water partition coefficient (Wildman–Crippen LogP) is 3.30. The molecule has 15 heavy (non-hydrogen) atoms. The van der Waals surface area contributed by atoms with Gasteiger partial charge in [0.25, 0.3) is 0 Å². The highest BCUT2D eigenvalue weighted by molar-refractivity contribution is 14.1. The first-order valence-electron chi connectivity index (χ1n) is 5.12. The number of phenols is 1. The second-order valence-electron chi connectivity index (χ2n) is 3.57. The molecule has 0 amide bonds. The van der Waals surface area contributed by atoms with Crippen molar-refractivity contribution in [1.29, 1.82) is 0 Å². The van der Waals surface area contributed by atoms with Gasteiger partial charge in [0.1, 0.15) is 11.5 Å². The van der Waals surface area contributed by atoms with Crippen LogP contribution in [0.3, 0.4) is 0 Å². The molecule has 0 spiro atoms. The zero-order chi connectivity index (χ0) is 11.3. The van der Waals surface area contributed by atoms with Crippen molar-refractivity contribution in [3.05, 3.63) is 27.3 Å². The van der Waals surface area contributed by atoms with Crippen LogP contribution in [-0.2, 0) is 11.2 Å². The third-order valence-corrected chi connectivity index (χ3v) is 3.10. The number of benzene rings is 1. The molecular weight excluding hydrogens is 303 g/mol. The van der Waals surface area contributed by atoms with E-state index < -0.39 is 0 Å². The molecule has 0 unspecified atom stereocenters. The number of hydrogen-bond acceptors (Lipinski definition) is 2. The standard InChI is InChI=1S/C12H15IO2/c1-2-3-10(14)6-4-9-5-7-12(15)11(13)8-9/h5,7-8,15H,2-4,6H2,1H3. The number of aryl methyl sites for hydroxylation is 1. The quantitative estimate of drug-likeness (QED) is 0.846. The second-order valence-corrected chi connectivity index (χ2v) is 4.74. The van der Waals surface area contributed by atoms with Crippen LogP contribution in [0, 0.1) is 3.57 Å². The largest absolute Gasteiger partial charge is 0.507 e. The number of aromatic hydroxyl groups is 1. The van der Waals surface area contributed by atoms with Crippen molar-refractivity contribution >= 4 is 28.4 Å².